The molecule has 0 radical (unpaired) electrons. The molecule has 9 nitrogen and oxygen atoms in total. The summed E-state index contributed by atoms with van der Waals surface area (Å²) < 4.78 is 7.62. The number of fused-ring (bicyclic) bond motifs is 1. The molecule has 0 saturated heterocycles. The molecule has 4 heterocycles. The minimum absolute atomic E-state index is 0.466. The molecule has 5 rings (SSSR count). The zero-order chi connectivity index (χ0) is 19.8. The highest BCUT2D eigenvalue weighted by Crippen LogP contribution is 2.25. The molecular weight excluding hydrogens is 388 g/mol. The van der Waals surface area contributed by atoms with E-state index in [0.29, 0.717) is 18.1 Å². The summed E-state index contributed by atoms with van der Waals surface area (Å²) in [6.07, 6.45) is 5.40. The van der Waals surface area contributed by atoms with Gasteiger partial charge < -0.3 is 4.74 Å². The van der Waals surface area contributed by atoms with Gasteiger partial charge in [0.25, 0.3) is 0 Å². The van der Waals surface area contributed by atoms with Crippen LogP contribution >= 0.6 is 11.3 Å². The fraction of sp³-hybridized carbons (Fsp3) is 0.158. The quantitative estimate of drug-likeness (QED) is 0.479. The van der Waals surface area contributed by atoms with E-state index in [2.05, 4.69) is 35.7 Å². The van der Waals surface area contributed by atoms with E-state index in [9.17, 15) is 0 Å². The lowest BCUT2D eigenvalue weighted by molar-refractivity contribution is 0.309. The Hall–Kier alpha value is -3.66. The van der Waals surface area contributed by atoms with Crippen LogP contribution in [0.3, 0.4) is 0 Å². The van der Waals surface area contributed by atoms with E-state index in [1.165, 1.54) is 0 Å². The smallest absolute Gasteiger partial charge is 0.210 e. The number of nitrogens with zero attached hydrogens (tertiary/aromatic N) is 7. The molecule has 144 valence electrons. The maximum absolute atomic E-state index is 5.91. The second-order valence-corrected chi connectivity index (χ2v) is 7.75. The van der Waals surface area contributed by atoms with Gasteiger partial charge in [-0.05, 0) is 36.8 Å². The van der Waals surface area contributed by atoms with E-state index in [0.717, 1.165) is 38.0 Å². The van der Waals surface area contributed by atoms with Crippen molar-refractivity contribution in [2.75, 3.05) is 0 Å². The minimum atomic E-state index is 0.466. The monoisotopic (exact) mass is 404 g/mol. The van der Waals surface area contributed by atoms with Crippen molar-refractivity contribution >= 4 is 17.0 Å². The molecule has 0 unspecified atom stereocenters. The summed E-state index contributed by atoms with van der Waals surface area (Å²) in [7, 11) is 0. The number of tetrazole rings is 1. The summed E-state index contributed by atoms with van der Waals surface area (Å²) >= 11 is 1.67. The van der Waals surface area contributed by atoms with Crippen molar-refractivity contribution in [3.8, 4) is 28.3 Å². The Morgan fingerprint density at radius 2 is 1.97 bits per heavy atom. The largest absolute Gasteiger partial charge is 0.488 e. The van der Waals surface area contributed by atoms with Gasteiger partial charge in [0.15, 0.2) is 5.65 Å². The molecule has 0 amide bonds. The summed E-state index contributed by atoms with van der Waals surface area (Å²) in [4.78, 5) is 10.1. The minimum Gasteiger partial charge on any atom is -0.488 e. The highest BCUT2D eigenvalue weighted by molar-refractivity contribution is 7.11. The van der Waals surface area contributed by atoms with Crippen molar-refractivity contribution in [3.05, 3.63) is 58.4 Å². The molecule has 5 aromatic rings. The van der Waals surface area contributed by atoms with Crippen LogP contribution in [0, 0.1) is 13.8 Å². The Labute approximate surface area is 169 Å². The lowest BCUT2D eigenvalue weighted by atomic mass is 10.1. The normalized spacial score (nSPS) is 11.2. The van der Waals surface area contributed by atoms with E-state index in [4.69, 9.17) is 4.74 Å². The highest BCUT2D eigenvalue weighted by Gasteiger charge is 2.13. The van der Waals surface area contributed by atoms with Crippen LogP contribution in [0.25, 0.3) is 28.2 Å². The van der Waals surface area contributed by atoms with Crippen LogP contribution in [0.15, 0.2) is 42.9 Å². The average molecular weight is 404 g/mol. The van der Waals surface area contributed by atoms with Crippen LogP contribution in [0.4, 0.5) is 0 Å². The summed E-state index contributed by atoms with van der Waals surface area (Å²) in [5, 5.41) is 19.4. The van der Waals surface area contributed by atoms with Crippen LogP contribution in [-0.2, 0) is 6.61 Å². The number of nitrogens with one attached hydrogen (secondary N) is 1. The Morgan fingerprint density at radius 3 is 2.69 bits per heavy atom. The number of ether oxygens (including phenoxy) is 1. The van der Waals surface area contributed by atoms with Gasteiger partial charge in [-0.25, -0.2) is 14.5 Å². The van der Waals surface area contributed by atoms with Gasteiger partial charge in [0.1, 0.15) is 12.4 Å². The molecule has 0 saturated carbocycles. The number of thiazole rings is 1. The maximum atomic E-state index is 5.91. The van der Waals surface area contributed by atoms with Crippen LogP contribution in [-0.4, -0.2) is 40.2 Å². The molecule has 1 N–H and O–H groups in total. The second-order valence-electron chi connectivity index (χ2n) is 6.46. The van der Waals surface area contributed by atoms with Crippen LogP contribution < -0.4 is 4.74 Å². The molecule has 29 heavy (non-hydrogen) atoms. The van der Waals surface area contributed by atoms with Gasteiger partial charge >= 0.3 is 0 Å². The first-order valence-corrected chi connectivity index (χ1v) is 9.72. The zero-order valence-corrected chi connectivity index (χ0v) is 16.5. The van der Waals surface area contributed by atoms with E-state index in [-0.39, 0.29) is 0 Å². The summed E-state index contributed by atoms with van der Waals surface area (Å²) in [5.41, 5.74) is 4.39. The van der Waals surface area contributed by atoms with Gasteiger partial charge in [-0.15, -0.1) is 21.5 Å². The average Bonchev–Trinajstić information content (AvgIpc) is 3.46. The standard InChI is InChI=1S/C19H16N8OS/c1-11-17(29-12(2)22-11)10-28-15-5-3-13(4-6-15)14-7-20-19-16(8-21-27(19)9-14)18-23-25-26-24-18/h3-9H,10H2,1-2H3,(H,23,24,25,26). The lowest BCUT2D eigenvalue weighted by Crippen LogP contribution is -1.95. The number of aromatic amines is 1. The molecule has 0 fully saturated rings. The third-order valence-electron chi connectivity index (χ3n) is 4.50. The van der Waals surface area contributed by atoms with Crippen LogP contribution in [0.2, 0.25) is 0 Å². The lowest BCUT2D eigenvalue weighted by Gasteiger charge is -2.07. The molecule has 0 spiro atoms. The van der Waals surface area contributed by atoms with Gasteiger partial charge in [-0.1, -0.05) is 12.1 Å². The number of rotatable bonds is 5. The van der Waals surface area contributed by atoms with Crippen molar-refractivity contribution in [2.45, 2.75) is 20.5 Å². The molecule has 0 aliphatic heterocycles. The van der Waals surface area contributed by atoms with Gasteiger partial charge in [0.05, 0.1) is 27.3 Å². The fourth-order valence-corrected chi connectivity index (χ4v) is 3.91. The van der Waals surface area contributed by atoms with Crippen LogP contribution in [0.5, 0.6) is 5.75 Å². The molecule has 0 aliphatic carbocycles. The maximum Gasteiger partial charge on any atom is 0.210 e. The second kappa shape index (κ2) is 7.06. The third kappa shape index (κ3) is 3.34. The van der Waals surface area contributed by atoms with Crippen molar-refractivity contribution in [3.63, 3.8) is 0 Å². The SMILES string of the molecule is Cc1nc(C)c(COc2ccc(-c3cnc4c(-c5nn[nH]n5)cnn4c3)cc2)s1. The third-order valence-corrected chi connectivity index (χ3v) is 5.55. The number of hydrogen-bond donors (Lipinski definition) is 1. The molecule has 0 aliphatic rings. The van der Waals surface area contributed by atoms with Crippen molar-refractivity contribution in [1.29, 1.82) is 0 Å². The Balaban J connectivity index is 1.35. The molecular formula is C19H16N8OS. The summed E-state index contributed by atoms with van der Waals surface area (Å²) in [6, 6.07) is 7.92. The van der Waals surface area contributed by atoms with E-state index in [1.807, 2.05) is 44.3 Å². The van der Waals surface area contributed by atoms with Crippen molar-refractivity contribution in [1.82, 2.24) is 40.2 Å². The van der Waals surface area contributed by atoms with Crippen molar-refractivity contribution in [2.24, 2.45) is 0 Å². The van der Waals surface area contributed by atoms with Gasteiger partial charge in [0.2, 0.25) is 5.82 Å². The van der Waals surface area contributed by atoms with Gasteiger partial charge in [-0.3, -0.25) is 0 Å². The zero-order valence-electron chi connectivity index (χ0n) is 15.7. The summed E-state index contributed by atoms with van der Waals surface area (Å²) in [6.45, 7) is 4.54. The first-order chi connectivity index (χ1) is 14.2. The number of aromatic nitrogens is 8. The molecule has 0 bridgehead atoms. The number of H-pyrrole nitrogens is 1. The molecule has 1 aromatic carbocycles. The number of aryl methyl sites for hydroxylation is 2. The number of benzene rings is 1. The number of hydrogen-bond acceptors (Lipinski definition) is 8. The summed E-state index contributed by atoms with van der Waals surface area (Å²) in [5.74, 6) is 1.28. The van der Waals surface area contributed by atoms with E-state index >= 15 is 0 Å². The fourth-order valence-electron chi connectivity index (χ4n) is 3.06. The van der Waals surface area contributed by atoms with Gasteiger partial charge in [-0.2, -0.15) is 10.3 Å². The predicted molar refractivity (Wildman–Crippen MR) is 108 cm³/mol. The molecule has 0 atom stereocenters. The van der Waals surface area contributed by atoms with Crippen molar-refractivity contribution < 1.29 is 4.74 Å². The van der Waals surface area contributed by atoms with Crippen LogP contribution in [0.1, 0.15) is 15.6 Å². The Bertz CT molecular complexity index is 1270. The van der Waals surface area contributed by atoms with E-state index in [1.54, 1.807) is 28.2 Å². The Kier molecular flexibility index (Phi) is 4.24. The first-order valence-electron chi connectivity index (χ1n) is 8.91. The predicted octanol–water partition coefficient (Wildman–Crippen LogP) is 3.23. The van der Waals surface area contributed by atoms with Gasteiger partial charge in [0, 0.05) is 18.0 Å². The topological polar surface area (TPSA) is 107 Å². The molecule has 10 heteroatoms. The van der Waals surface area contributed by atoms with E-state index < -0.39 is 0 Å². The Morgan fingerprint density at radius 1 is 1.10 bits per heavy atom. The molecule has 4 aromatic heterocycles. The highest BCUT2D eigenvalue weighted by atomic mass is 32.1. The first kappa shape index (κ1) is 17.4.